The highest BCUT2D eigenvalue weighted by Gasteiger charge is 2.24. The van der Waals surface area contributed by atoms with E-state index in [9.17, 15) is 4.79 Å². The first-order chi connectivity index (χ1) is 9.58. The molecular formula is C14H20N4OS. The summed E-state index contributed by atoms with van der Waals surface area (Å²) in [7, 11) is 0. The zero-order valence-corrected chi connectivity index (χ0v) is 12.2. The minimum Gasteiger partial charge on any atom is -0.388 e. The maximum atomic E-state index is 11.3. The number of nitrogens with two attached hydrogens (primary N) is 2. The summed E-state index contributed by atoms with van der Waals surface area (Å²) in [5, 5.41) is 0. The quantitative estimate of drug-likeness (QED) is 0.762. The SMILES string of the molecule is NC(=O)CN(Cc1cccnc1C(N)=S)C1CCCC1. The molecule has 20 heavy (non-hydrogen) atoms. The molecule has 1 heterocycles. The van der Waals surface area contributed by atoms with Crippen LogP contribution in [0.5, 0.6) is 0 Å². The highest BCUT2D eigenvalue weighted by molar-refractivity contribution is 7.80. The topological polar surface area (TPSA) is 85.2 Å². The van der Waals surface area contributed by atoms with Crippen molar-refractivity contribution in [1.29, 1.82) is 0 Å². The second-order valence-corrected chi connectivity index (χ2v) is 5.62. The van der Waals surface area contributed by atoms with E-state index >= 15 is 0 Å². The molecule has 0 bridgehead atoms. The average molecular weight is 292 g/mol. The molecule has 0 saturated heterocycles. The van der Waals surface area contributed by atoms with Crippen LogP contribution in [-0.2, 0) is 11.3 Å². The third-order valence-electron chi connectivity index (χ3n) is 3.70. The van der Waals surface area contributed by atoms with Gasteiger partial charge in [-0.2, -0.15) is 0 Å². The molecular weight excluding hydrogens is 272 g/mol. The monoisotopic (exact) mass is 292 g/mol. The van der Waals surface area contributed by atoms with Gasteiger partial charge in [-0.25, -0.2) is 0 Å². The van der Waals surface area contributed by atoms with Crippen LogP contribution in [0.25, 0.3) is 0 Å². The van der Waals surface area contributed by atoms with Gasteiger partial charge in [-0.15, -0.1) is 0 Å². The minimum atomic E-state index is -0.308. The Balaban J connectivity index is 2.18. The van der Waals surface area contributed by atoms with Crippen LogP contribution in [0.4, 0.5) is 0 Å². The highest BCUT2D eigenvalue weighted by atomic mass is 32.1. The molecule has 0 unspecified atom stereocenters. The summed E-state index contributed by atoms with van der Waals surface area (Å²) in [6.07, 6.45) is 6.29. The number of carbonyl (C=O) groups is 1. The maximum Gasteiger partial charge on any atom is 0.231 e. The summed E-state index contributed by atoms with van der Waals surface area (Å²) >= 11 is 5.03. The van der Waals surface area contributed by atoms with Crippen LogP contribution in [0.2, 0.25) is 0 Å². The fraction of sp³-hybridized carbons (Fsp3) is 0.500. The first-order valence-corrected chi connectivity index (χ1v) is 7.25. The number of rotatable bonds is 6. The van der Waals surface area contributed by atoms with E-state index in [2.05, 4.69) is 9.88 Å². The molecule has 1 aromatic rings. The smallest absolute Gasteiger partial charge is 0.231 e. The fourth-order valence-electron chi connectivity index (χ4n) is 2.79. The second-order valence-electron chi connectivity index (χ2n) is 5.18. The standard InChI is InChI=1S/C14H20N4OS/c15-12(19)9-18(11-5-1-2-6-11)8-10-4-3-7-17-13(10)14(16)20/h3-4,7,11H,1-2,5-6,8-9H2,(H2,15,19)(H2,16,20). The lowest BCUT2D eigenvalue weighted by atomic mass is 10.1. The molecule has 6 heteroatoms. The van der Waals surface area contributed by atoms with Gasteiger partial charge >= 0.3 is 0 Å². The molecule has 4 N–H and O–H groups in total. The number of thiocarbonyl (C=S) groups is 1. The summed E-state index contributed by atoms with van der Waals surface area (Å²) in [4.78, 5) is 17.9. The van der Waals surface area contributed by atoms with Gasteiger partial charge in [-0.05, 0) is 24.5 Å². The zero-order valence-electron chi connectivity index (χ0n) is 11.4. The van der Waals surface area contributed by atoms with Crippen molar-refractivity contribution in [3.63, 3.8) is 0 Å². The molecule has 2 rings (SSSR count). The van der Waals surface area contributed by atoms with Gasteiger partial charge in [-0.3, -0.25) is 14.7 Å². The van der Waals surface area contributed by atoms with Gasteiger partial charge < -0.3 is 11.5 Å². The summed E-state index contributed by atoms with van der Waals surface area (Å²) in [5.41, 5.74) is 12.7. The van der Waals surface area contributed by atoms with Gasteiger partial charge in [0.05, 0.1) is 6.54 Å². The van der Waals surface area contributed by atoms with Crippen molar-refractivity contribution in [3.05, 3.63) is 29.6 Å². The Kier molecular flexibility index (Phi) is 5.03. The molecule has 1 fully saturated rings. The van der Waals surface area contributed by atoms with Crippen molar-refractivity contribution >= 4 is 23.1 Å². The van der Waals surface area contributed by atoms with Crippen molar-refractivity contribution in [2.45, 2.75) is 38.3 Å². The Bertz CT molecular complexity index is 500. The van der Waals surface area contributed by atoms with Crippen molar-refractivity contribution < 1.29 is 4.79 Å². The van der Waals surface area contributed by atoms with Crippen molar-refractivity contribution in [2.24, 2.45) is 11.5 Å². The van der Waals surface area contributed by atoms with Gasteiger partial charge in [0.15, 0.2) is 0 Å². The van der Waals surface area contributed by atoms with E-state index in [1.807, 2.05) is 12.1 Å². The van der Waals surface area contributed by atoms with E-state index in [0.29, 0.717) is 18.3 Å². The number of primary amides is 1. The summed E-state index contributed by atoms with van der Waals surface area (Å²) in [5.74, 6) is -0.308. The molecule has 1 aliphatic rings. The Labute approximate surface area is 124 Å². The van der Waals surface area contributed by atoms with Crippen LogP contribution in [-0.4, -0.2) is 33.4 Å². The Morgan fingerprint density at radius 3 is 2.70 bits per heavy atom. The first-order valence-electron chi connectivity index (χ1n) is 6.84. The van der Waals surface area contributed by atoms with Gasteiger partial charge in [0.1, 0.15) is 10.7 Å². The third-order valence-corrected chi connectivity index (χ3v) is 3.89. The molecule has 1 saturated carbocycles. The lowest BCUT2D eigenvalue weighted by Gasteiger charge is -2.28. The molecule has 108 valence electrons. The van der Waals surface area contributed by atoms with E-state index in [-0.39, 0.29) is 17.4 Å². The van der Waals surface area contributed by atoms with Crippen molar-refractivity contribution in [2.75, 3.05) is 6.54 Å². The first kappa shape index (κ1) is 14.9. The lowest BCUT2D eigenvalue weighted by Crippen LogP contribution is -2.40. The van der Waals surface area contributed by atoms with Crippen LogP contribution < -0.4 is 11.5 Å². The van der Waals surface area contributed by atoms with Crippen LogP contribution in [0.15, 0.2) is 18.3 Å². The Morgan fingerprint density at radius 1 is 1.40 bits per heavy atom. The molecule has 0 spiro atoms. The summed E-state index contributed by atoms with van der Waals surface area (Å²) in [6, 6.07) is 4.21. The minimum absolute atomic E-state index is 0.260. The molecule has 0 atom stereocenters. The van der Waals surface area contributed by atoms with E-state index in [1.165, 1.54) is 12.8 Å². The largest absolute Gasteiger partial charge is 0.388 e. The molecule has 1 aromatic heterocycles. The van der Waals surface area contributed by atoms with Gasteiger partial charge in [-0.1, -0.05) is 31.1 Å². The molecule has 1 aliphatic carbocycles. The second kappa shape index (κ2) is 6.76. The lowest BCUT2D eigenvalue weighted by molar-refractivity contribution is -0.119. The maximum absolute atomic E-state index is 11.3. The fourth-order valence-corrected chi connectivity index (χ4v) is 2.97. The van der Waals surface area contributed by atoms with Crippen molar-refractivity contribution in [1.82, 2.24) is 9.88 Å². The average Bonchev–Trinajstić information content (AvgIpc) is 2.91. The van der Waals surface area contributed by atoms with Gasteiger partial charge in [0.25, 0.3) is 0 Å². The highest BCUT2D eigenvalue weighted by Crippen LogP contribution is 2.25. The number of nitrogens with zero attached hydrogens (tertiary/aromatic N) is 2. The van der Waals surface area contributed by atoms with Crippen molar-refractivity contribution in [3.8, 4) is 0 Å². The summed E-state index contributed by atoms with van der Waals surface area (Å²) < 4.78 is 0. The van der Waals surface area contributed by atoms with E-state index in [4.69, 9.17) is 23.7 Å². The third kappa shape index (κ3) is 3.74. The predicted octanol–water partition coefficient (Wildman–Crippen LogP) is 0.946. The van der Waals surface area contributed by atoms with Crippen LogP contribution in [0.3, 0.4) is 0 Å². The van der Waals surface area contributed by atoms with Gasteiger partial charge in [0.2, 0.25) is 5.91 Å². The number of carbonyl (C=O) groups excluding carboxylic acids is 1. The summed E-state index contributed by atoms with van der Waals surface area (Å²) in [6.45, 7) is 0.866. The van der Waals surface area contributed by atoms with Gasteiger partial charge in [0, 0.05) is 18.8 Å². The molecule has 0 aromatic carbocycles. The Morgan fingerprint density at radius 2 is 2.10 bits per heavy atom. The number of hydrogen-bond donors (Lipinski definition) is 2. The zero-order chi connectivity index (χ0) is 14.5. The van der Waals surface area contributed by atoms with Crippen LogP contribution in [0, 0.1) is 0 Å². The molecule has 1 amide bonds. The van der Waals surface area contributed by atoms with Crippen LogP contribution >= 0.6 is 12.2 Å². The molecule has 0 aliphatic heterocycles. The molecule has 5 nitrogen and oxygen atoms in total. The predicted molar refractivity (Wildman–Crippen MR) is 82.0 cm³/mol. The van der Waals surface area contributed by atoms with E-state index < -0.39 is 0 Å². The molecule has 0 radical (unpaired) electrons. The van der Waals surface area contributed by atoms with E-state index in [1.54, 1.807) is 6.20 Å². The number of pyridine rings is 1. The number of hydrogen-bond acceptors (Lipinski definition) is 4. The van der Waals surface area contributed by atoms with E-state index in [0.717, 1.165) is 18.4 Å². The normalized spacial score (nSPS) is 15.7. The Hall–Kier alpha value is -1.53. The van der Waals surface area contributed by atoms with Crippen LogP contribution in [0.1, 0.15) is 36.9 Å². The number of amides is 1. The number of aromatic nitrogens is 1.